The minimum Gasteiger partial charge on any atom is -0.480 e. The molecule has 1 N–H and O–H groups in total. The highest BCUT2D eigenvalue weighted by Crippen LogP contribution is 2.83. The van der Waals surface area contributed by atoms with E-state index in [4.69, 9.17) is 5.11 Å². The maximum Gasteiger partial charge on any atom is 0.324 e. The molecule has 2 aliphatic heterocycles. The lowest BCUT2D eigenvalue weighted by atomic mass is 10.0. The number of piperidine rings is 1. The molecule has 3 heteroatoms. The van der Waals surface area contributed by atoms with Crippen LogP contribution < -0.4 is 0 Å². The molecule has 66 valence electrons. The Labute approximate surface area is 71.4 Å². The van der Waals surface area contributed by atoms with Crippen molar-refractivity contribution in [3.8, 4) is 0 Å². The molecule has 4 aliphatic rings. The van der Waals surface area contributed by atoms with Gasteiger partial charge in [0.2, 0.25) is 0 Å². The number of fused-ring (bicyclic) bond motifs is 1. The Morgan fingerprint density at radius 3 is 2.50 bits per heavy atom. The molecular weight excluding hydrogens is 154 g/mol. The molecule has 0 amide bonds. The molecule has 0 aromatic rings. The lowest BCUT2D eigenvalue weighted by molar-refractivity contribution is -0.146. The highest BCUT2D eigenvalue weighted by Gasteiger charge is 2.94. The minimum absolute atomic E-state index is 0.390. The zero-order chi connectivity index (χ0) is 8.67. The van der Waals surface area contributed by atoms with Crippen LogP contribution in [0.5, 0.6) is 0 Å². The second kappa shape index (κ2) is 1.55. The SMILES string of the molecule is CC(C)N1C[C@@H]2C3[C@@H]2[C@@]31C(=O)O. The molecule has 0 aromatic heterocycles. The van der Waals surface area contributed by atoms with E-state index in [1.54, 1.807) is 0 Å². The molecule has 0 aromatic carbocycles. The van der Waals surface area contributed by atoms with Gasteiger partial charge in [-0.25, -0.2) is 0 Å². The molecule has 2 saturated heterocycles. The summed E-state index contributed by atoms with van der Waals surface area (Å²) in [5.41, 5.74) is -0.390. The van der Waals surface area contributed by atoms with Gasteiger partial charge < -0.3 is 5.11 Å². The van der Waals surface area contributed by atoms with Crippen LogP contribution in [0.3, 0.4) is 0 Å². The van der Waals surface area contributed by atoms with Crippen LogP contribution in [-0.2, 0) is 4.79 Å². The van der Waals surface area contributed by atoms with Crippen molar-refractivity contribution in [2.24, 2.45) is 17.8 Å². The Morgan fingerprint density at radius 2 is 2.17 bits per heavy atom. The maximum atomic E-state index is 11.1. The lowest BCUT2D eigenvalue weighted by Crippen LogP contribution is -2.45. The summed E-state index contributed by atoms with van der Waals surface area (Å²) in [5.74, 6) is 1.21. The molecular formula is C9H13NO2. The van der Waals surface area contributed by atoms with Crippen LogP contribution >= 0.6 is 0 Å². The second-order valence-electron chi connectivity index (χ2n) is 4.59. The highest BCUT2D eigenvalue weighted by atomic mass is 16.4. The fraction of sp³-hybridized carbons (Fsp3) is 0.889. The third-order valence-electron chi connectivity index (χ3n) is 3.92. The van der Waals surface area contributed by atoms with Crippen LogP contribution in [0.2, 0.25) is 0 Å². The predicted molar refractivity (Wildman–Crippen MR) is 42.7 cm³/mol. The Bertz CT molecular complexity index is 264. The summed E-state index contributed by atoms with van der Waals surface area (Å²) in [6.45, 7) is 5.20. The third kappa shape index (κ3) is 0.431. The van der Waals surface area contributed by atoms with Gasteiger partial charge in [0.25, 0.3) is 0 Å². The van der Waals surface area contributed by atoms with Crippen molar-refractivity contribution in [1.82, 2.24) is 4.90 Å². The summed E-state index contributed by atoms with van der Waals surface area (Å²) >= 11 is 0. The molecule has 0 spiro atoms. The molecule has 0 radical (unpaired) electrons. The van der Waals surface area contributed by atoms with Crippen LogP contribution in [0.15, 0.2) is 0 Å². The summed E-state index contributed by atoms with van der Waals surface area (Å²) in [7, 11) is 0. The van der Waals surface area contributed by atoms with Gasteiger partial charge in [0.15, 0.2) is 0 Å². The standard InChI is InChI=1S/C9H13NO2/c1-4(2)10-3-5-6-7(5)9(6,10)8(11)12/h4-7H,3H2,1-2H3,(H,11,12)/t5-,6+,7?,9-/m0/s1. The van der Waals surface area contributed by atoms with E-state index in [9.17, 15) is 4.79 Å². The molecule has 4 rings (SSSR count). The van der Waals surface area contributed by atoms with Crippen molar-refractivity contribution < 1.29 is 9.90 Å². The maximum absolute atomic E-state index is 11.1. The number of aliphatic carboxylic acids is 1. The van der Waals surface area contributed by atoms with Crippen LogP contribution in [0.1, 0.15) is 13.8 Å². The van der Waals surface area contributed by atoms with Crippen LogP contribution in [-0.4, -0.2) is 34.1 Å². The Hall–Kier alpha value is -0.570. The number of rotatable bonds is 2. The number of carboxylic acids is 1. The van der Waals surface area contributed by atoms with Gasteiger partial charge in [0.1, 0.15) is 5.54 Å². The van der Waals surface area contributed by atoms with E-state index in [0.29, 0.717) is 17.9 Å². The molecule has 2 saturated carbocycles. The third-order valence-corrected chi connectivity index (χ3v) is 3.92. The average Bonchev–Trinajstić information content (AvgIpc) is 2.75. The average molecular weight is 167 g/mol. The number of carbonyl (C=O) groups is 1. The van der Waals surface area contributed by atoms with Gasteiger partial charge in [0, 0.05) is 12.6 Å². The fourth-order valence-corrected chi connectivity index (χ4v) is 3.37. The van der Waals surface area contributed by atoms with Gasteiger partial charge in [-0.2, -0.15) is 0 Å². The van der Waals surface area contributed by atoms with Crippen molar-refractivity contribution in [3.05, 3.63) is 0 Å². The summed E-state index contributed by atoms with van der Waals surface area (Å²) in [4.78, 5) is 13.2. The highest BCUT2D eigenvalue weighted by molar-refractivity contribution is 5.89. The molecule has 2 bridgehead atoms. The van der Waals surface area contributed by atoms with Crippen molar-refractivity contribution in [2.45, 2.75) is 25.4 Å². The number of carboxylic acid groups (broad SMARTS) is 1. The summed E-state index contributed by atoms with van der Waals surface area (Å²) in [5, 5.41) is 9.11. The number of hydrogen-bond acceptors (Lipinski definition) is 2. The first-order chi connectivity index (χ1) is 5.61. The quantitative estimate of drug-likeness (QED) is 0.647. The molecule has 4 atom stereocenters. The Morgan fingerprint density at radius 1 is 1.58 bits per heavy atom. The van der Waals surface area contributed by atoms with Gasteiger partial charge in [-0.05, 0) is 31.6 Å². The van der Waals surface area contributed by atoms with Crippen LogP contribution in [0, 0.1) is 17.8 Å². The number of hydrogen-bond donors (Lipinski definition) is 1. The first-order valence-electron chi connectivity index (χ1n) is 4.62. The molecule has 2 aliphatic carbocycles. The fourth-order valence-electron chi connectivity index (χ4n) is 3.37. The van der Waals surface area contributed by atoms with Crippen molar-refractivity contribution in [3.63, 3.8) is 0 Å². The Balaban J connectivity index is 1.94. The van der Waals surface area contributed by atoms with Gasteiger partial charge in [-0.15, -0.1) is 0 Å². The van der Waals surface area contributed by atoms with Gasteiger partial charge in [0.05, 0.1) is 0 Å². The van der Waals surface area contributed by atoms with Gasteiger partial charge in [-0.1, -0.05) is 0 Å². The normalized spacial score (nSPS) is 54.1. The van der Waals surface area contributed by atoms with Crippen molar-refractivity contribution in [1.29, 1.82) is 0 Å². The summed E-state index contributed by atoms with van der Waals surface area (Å²) in [6, 6.07) is 0.390. The molecule has 3 nitrogen and oxygen atoms in total. The van der Waals surface area contributed by atoms with E-state index >= 15 is 0 Å². The van der Waals surface area contributed by atoms with Gasteiger partial charge in [-0.3, -0.25) is 9.69 Å². The lowest BCUT2D eigenvalue weighted by Gasteiger charge is -2.27. The topological polar surface area (TPSA) is 40.5 Å². The van der Waals surface area contributed by atoms with Crippen LogP contribution in [0.25, 0.3) is 0 Å². The van der Waals surface area contributed by atoms with E-state index in [0.717, 1.165) is 12.5 Å². The van der Waals surface area contributed by atoms with Gasteiger partial charge >= 0.3 is 5.97 Å². The molecule has 4 fully saturated rings. The largest absolute Gasteiger partial charge is 0.480 e. The monoisotopic (exact) mass is 167 g/mol. The zero-order valence-electron chi connectivity index (χ0n) is 7.32. The summed E-state index contributed by atoms with van der Waals surface area (Å²) in [6.07, 6.45) is 0. The van der Waals surface area contributed by atoms with E-state index in [1.165, 1.54) is 0 Å². The van der Waals surface area contributed by atoms with E-state index < -0.39 is 11.5 Å². The van der Waals surface area contributed by atoms with Crippen LogP contribution in [0.4, 0.5) is 0 Å². The van der Waals surface area contributed by atoms with Crippen molar-refractivity contribution >= 4 is 5.97 Å². The Kier molecular flexibility index (Phi) is 0.893. The van der Waals surface area contributed by atoms with E-state index in [1.807, 2.05) is 0 Å². The molecule has 2 heterocycles. The van der Waals surface area contributed by atoms with E-state index in [2.05, 4.69) is 18.7 Å². The smallest absolute Gasteiger partial charge is 0.324 e. The molecule has 1 unspecified atom stereocenters. The predicted octanol–water partition coefficient (Wildman–Crippen LogP) is 0.410. The summed E-state index contributed by atoms with van der Waals surface area (Å²) < 4.78 is 0. The zero-order valence-corrected chi connectivity index (χ0v) is 7.32. The second-order valence-corrected chi connectivity index (χ2v) is 4.59. The van der Waals surface area contributed by atoms with E-state index in [-0.39, 0.29) is 0 Å². The minimum atomic E-state index is -0.583. The first kappa shape index (κ1) is 6.89. The first-order valence-corrected chi connectivity index (χ1v) is 4.62. The molecule has 12 heavy (non-hydrogen) atoms. The van der Waals surface area contributed by atoms with Crippen molar-refractivity contribution in [2.75, 3.05) is 6.54 Å². The number of nitrogens with zero attached hydrogens (tertiary/aromatic N) is 1.